The van der Waals surface area contributed by atoms with Crippen LogP contribution in [0.2, 0.25) is 0 Å². The van der Waals surface area contributed by atoms with Gasteiger partial charge < -0.3 is 5.32 Å². The third-order valence-corrected chi connectivity index (χ3v) is 3.44. The van der Waals surface area contributed by atoms with Gasteiger partial charge in [-0.1, -0.05) is 45.0 Å². The van der Waals surface area contributed by atoms with E-state index in [0.717, 1.165) is 12.8 Å². The Kier molecular flexibility index (Phi) is 6.59. The molecular weight excluding hydrogens is 232 g/mol. The number of hydrogen-bond acceptors (Lipinski definition) is 2. The summed E-state index contributed by atoms with van der Waals surface area (Å²) < 4.78 is 0. The van der Waals surface area contributed by atoms with Crippen molar-refractivity contribution in [2.75, 3.05) is 0 Å². The fourth-order valence-corrected chi connectivity index (χ4v) is 2.29. The lowest BCUT2D eigenvalue weighted by Crippen LogP contribution is -2.30. The lowest BCUT2D eigenvalue weighted by Gasteiger charge is -2.21. The Morgan fingerprint density at radius 2 is 1.79 bits per heavy atom. The molecule has 1 N–H and O–H groups in total. The molecule has 0 fully saturated rings. The number of nitriles is 1. The summed E-state index contributed by atoms with van der Waals surface area (Å²) in [6.45, 7) is 8.77. The normalized spacial score (nSPS) is 14.1. The van der Waals surface area contributed by atoms with Crippen molar-refractivity contribution in [1.29, 1.82) is 5.26 Å². The van der Waals surface area contributed by atoms with Crippen LogP contribution >= 0.6 is 0 Å². The van der Waals surface area contributed by atoms with Gasteiger partial charge in [-0.25, -0.2) is 0 Å². The molecule has 0 aliphatic heterocycles. The van der Waals surface area contributed by atoms with Crippen LogP contribution in [0.25, 0.3) is 0 Å². The molecule has 0 heterocycles. The van der Waals surface area contributed by atoms with Crippen LogP contribution in [-0.4, -0.2) is 6.04 Å². The van der Waals surface area contributed by atoms with Crippen molar-refractivity contribution >= 4 is 0 Å². The molecule has 2 unspecified atom stereocenters. The third-order valence-electron chi connectivity index (χ3n) is 3.44. The third kappa shape index (κ3) is 5.44. The fourth-order valence-electron chi connectivity index (χ4n) is 2.29. The van der Waals surface area contributed by atoms with Crippen LogP contribution in [0.1, 0.15) is 57.7 Å². The average molecular weight is 258 g/mol. The number of hydrogen-bond donors (Lipinski definition) is 1. The Balaban J connectivity index is 2.62. The summed E-state index contributed by atoms with van der Waals surface area (Å²) in [7, 11) is 0. The van der Waals surface area contributed by atoms with Gasteiger partial charge in [0.2, 0.25) is 0 Å². The van der Waals surface area contributed by atoms with E-state index in [-0.39, 0.29) is 6.04 Å². The van der Waals surface area contributed by atoms with Crippen LogP contribution in [-0.2, 0) is 6.42 Å². The van der Waals surface area contributed by atoms with Gasteiger partial charge in [0.05, 0.1) is 12.5 Å². The van der Waals surface area contributed by atoms with Gasteiger partial charge in [0.25, 0.3) is 0 Å². The molecule has 0 saturated heterocycles. The summed E-state index contributed by atoms with van der Waals surface area (Å²) in [4.78, 5) is 0. The second-order valence-electron chi connectivity index (χ2n) is 5.70. The molecule has 0 aliphatic carbocycles. The van der Waals surface area contributed by atoms with Crippen LogP contribution in [0.15, 0.2) is 24.3 Å². The van der Waals surface area contributed by atoms with Gasteiger partial charge in [0.15, 0.2) is 0 Å². The molecular formula is C17H26N2. The van der Waals surface area contributed by atoms with E-state index >= 15 is 0 Å². The zero-order valence-electron chi connectivity index (χ0n) is 12.6. The van der Waals surface area contributed by atoms with Crippen molar-refractivity contribution in [3.8, 4) is 6.07 Å². The molecule has 0 bridgehead atoms. The highest BCUT2D eigenvalue weighted by Crippen LogP contribution is 2.17. The lowest BCUT2D eigenvalue weighted by molar-refractivity contribution is 0.448. The largest absolute Gasteiger partial charge is 0.306 e. The quantitative estimate of drug-likeness (QED) is 0.794. The van der Waals surface area contributed by atoms with Gasteiger partial charge in [0, 0.05) is 12.1 Å². The van der Waals surface area contributed by atoms with Gasteiger partial charge in [-0.15, -0.1) is 0 Å². The zero-order valence-corrected chi connectivity index (χ0v) is 12.6. The molecule has 19 heavy (non-hydrogen) atoms. The van der Waals surface area contributed by atoms with Crippen molar-refractivity contribution in [1.82, 2.24) is 5.32 Å². The van der Waals surface area contributed by atoms with Crippen molar-refractivity contribution in [3.63, 3.8) is 0 Å². The van der Waals surface area contributed by atoms with Crippen LogP contribution in [0.4, 0.5) is 0 Å². The first-order valence-electron chi connectivity index (χ1n) is 7.28. The van der Waals surface area contributed by atoms with Crippen LogP contribution in [0.3, 0.4) is 0 Å². The summed E-state index contributed by atoms with van der Waals surface area (Å²) in [5, 5.41) is 12.3. The fraction of sp³-hybridized carbons (Fsp3) is 0.588. The monoisotopic (exact) mass is 258 g/mol. The van der Waals surface area contributed by atoms with Gasteiger partial charge >= 0.3 is 0 Å². The van der Waals surface area contributed by atoms with Gasteiger partial charge in [0.1, 0.15) is 0 Å². The van der Waals surface area contributed by atoms with Gasteiger partial charge in [-0.2, -0.15) is 5.26 Å². The Hall–Kier alpha value is -1.33. The van der Waals surface area contributed by atoms with Crippen molar-refractivity contribution in [2.24, 2.45) is 5.92 Å². The SMILES string of the molecule is CCC(CC#N)NC(C)c1ccc(CC(C)C)cc1. The van der Waals surface area contributed by atoms with E-state index in [1.54, 1.807) is 0 Å². The van der Waals surface area contributed by atoms with Crippen molar-refractivity contribution in [2.45, 2.75) is 59.0 Å². The van der Waals surface area contributed by atoms with E-state index in [9.17, 15) is 0 Å². The molecule has 1 rings (SSSR count). The molecule has 104 valence electrons. The van der Waals surface area contributed by atoms with Crippen molar-refractivity contribution in [3.05, 3.63) is 35.4 Å². The van der Waals surface area contributed by atoms with E-state index < -0.39 is 0 Å². The Bertz CT molecular complexity index is 400. The first kappa shape index (κ1) is 15.7. The summed E-state index contributed by atoms with van der Waals surface area (Å²) in [6, 6.07) is 11.7. The Labute approximate surface area is 117 Å². The van der Waals surface area contributed by atoms with Crippen LogP contribution in [0.5, 0.6) is 0 Å². The first-order valence-corrected chi connectivity index (χ1v) is 7.28. The van der Waals surface area contributed by atoms with E-state index in [2.05, 4.69) is 63.3 Å². The topological polar surface area (TPSA) is 35.8 Å². The van der Waals surface area contributed by atoms with Crippen LogP contribution in [0, 0.1) is 17.2 Å². The molecule has 0 aliphatic rings. The molecule has 0 saturated carbocycles. The van der Waals surface area contributed by atoms with Gasteiger partial charge in [-0.05, 0) is 36.8 Å². The number of rotatable bonds is 7. The predicted octanol–water partition coefficient (Wildman–Crippen LogP) is 4.23. The molecule has 0 aromatic heterocycles. The van der Waals surface area contributed by atoms with E-state index in [4.69, 9.17) is 5.26 Å². The van der Waals surface area contributed by atoms with E-state index in [0.29, 0.717) is 18.4 Å². The summed E-state index contributed by atoms with van der Waals surface area (Å²) in [6.07, 6.45) is 2.70. The Morgan fingerprint density at radius 3 is 2.26 bits per heavy atom. The molecule has 2 heteroatoms. The molecule has 2 nitrogen and oxygen atoms in total. The zero-order chi connectivity index (χ0) is 14.3. The number of benzene rings is 1. The maximum absolute atomic E-state index is 8.78. The standard InChI is InChI=1S/C17H26N2/c1-5-17(10-11-18)19-14(4)16-8-6-15(7-9-16)12-13(2)3/h6-9,13-14,17,19H,5,10,12H2,1-4H3. The second-order valence-corrected chi connectivity index (χ2v) is 5.70. The summed E-state index contributed by atoms with van der Waals surface area (Å²) >= 11 is 0. The van der Waals surface area contributed by atoms with Crippen molar-refractivity contribution < 1.29 is 0 Å². The predicted molar refractivity (Wildman–Crippen MR) is 80.8 cm³/mol. The minimum atomic E-state index is 0.287. The highest BCUT2D eigenvalue weighted by atomic mass is 14.9. The molecule has 0 radical (unpaired) electrons. The van der Waals surface area contributed by atoms with E-state index in [1.165, 1.54) is 11.1 Å². The van der Waals surface area contributed by atoms with E-state index in [1.807, 2.05) is 0 Å². The Morgan fingerprint density at radius 1 is 1.16 bits per heavy atom. The highest BCUT2D eigenvalue weighted by Gasteiger charge is 2.11. The molecule has 2 atom stereocenters. The summed E-state index contributed by atoms with van der Waals surface area (Å²) in [5.74, 6) is 0.696. The number of nitrogens with zero attached hydrogens (tertiary/aromatic N) is 1. The second kappa shape index (κ2) is 7.96. The molecule has 0 spiro atoms. The van der Waals surface area contributed by atoms with Gasteiger partial charge in [-0.3, -0.25) is 0 Å². The lowest BCUT2D eigenvalue weighted by atomic mass is 9.99. The van der Waals surface area contributed by atoms with Crippen LogP contribution < -0.4 is 5.32 Å². The first-order chi connectivity index (χ1) is 9.06. The highest BCUT2D eigenvalue weighted by molar-refractivity contribution is 5.25. The maximum atomic E-state index is 8.78. The summed E-state index contributed by atoms with van der Waals surface area (Å²) in [5.41, 5.74) is 2.69. The average Bonchev–Trinajstić information content (AvgIpc) is 2.38. The maximum Gasteiger partial charge on any atom is 0.0638 e. The minimum Gasteiger partial charge on any atom is -0.306 e. The molecule has 1 aromatic carbocycles. The molecule has 1 aromatic rings. The smallest absolute Gasteiger partial charge is 0.0638 e. The number of nitrogens with one attached hydrogen (secondary N) is 1. The molecule has 0 amide bonds. The minimum absolute atomic E-state index is 0.287.